The van der Waals surface area contributed by atoms with Gasteiger partial charge in [-0.2, -0.15) is 4.98 Å². The second-order valence-corrected chi connectivity index (χ2v) is 7.09. The number of aromatic nitrogens is 2. The zero-order chi connectivity index (χ0) is 18.3. The van der Waals surface area contributed by atoms with Gasteiger partial charge in [-0.3, -0.25) is 4.79 Å². The van der Waals surface area contributed by atoms with E-state index in [1.165, 1.54) is 0 Å². The molecular weight excluding hydrogens is 328 g/mol. The number of nitrogens with zero attached hydrogens (tertiary/aromatic N) is 3. The monoisotopic (exact) mass is 352 g/mol. The molecule has 1 saturated heterocycles. The molecule has 0 unspecified atom stereocenters. The lowest BCUT2D eigenvalue weighted by atomic mass is 10.1. The zero-order valence-corrected chi connectivity index (χ0v) is 15.4. The number of hydrogen-bond donors (Lipinski definition) is 3. The smallest absolute Gasteiger partial charge is 0.261 e. The fraction of sp³-hybridized carbons (Fsp3) is 0.421. The van der Waals surface area contributed by atoms with Gasteiger partial charge < -0.3 is 20.9 Å². The van der Waals surface area contributed by atoms with Gasteiger partial charge in [0.15, 0.2) is 0 Å². The largest absolute Gasteiger partial charge is 0.341 e. The third kappa shape index (κ3) is 2.99. The Bertz CT molecular complexity index is 859. The maximum absolute atomic E-state index is 12.6. The summed E-state index contributed by atoms with van der Waals surface area (Å²) in [5, 5.41) is 9.65. The molecule has 0 atom stereocenters. The predicted octanol–water partition coefficient (Wildman–Crippen LogP) is 2.59. The number of benzene rings is 1. The molecule has 26 heavy (non-hydrogen) atoms. The van der Waals surface area contributed by atoms with Gasteiger partial charge >= 0.3 is 0 Å². The summed E-state index contributed by atoms with van der Waals surface area (Å²) >= 11 is 0. The lowest BCUT2D eigenvalue weighted by molar-refractivity contribution is 0.102. The van der Waals surface area contributed by atoms with Crippen molar-refractivity contribution in [2.45, 2.75) is 32.7 Å². The average Bonchev–Trinajstić information content (AvgIpc) is 2.78. The number of amides is 1. The molecule has 4 rings (SSSR count). The molecule has 2 aliphatic rings. The summed E-state index contributed by atoms with van der Waals surface area (Å²) in [4.78, 5) is 23.8. The Hall–Kier alpha value is -2.67. The summed E-state index contributed by atoms with van der Waals surface area (Å²) in [6.07, 6.45) is 3.74. The van der Waals surface area contributed by atoms with Crippen molar-refractivity contribution in [3.63, 3.8) is 0 Å². The van der Waals surface area contributed by atoms with Crippen LogP contribution in [0.25, 0.3) is 0 Å². The van der Waals surface area contributed by atoms with E-state index in [2.05, 4.69) is 37.7 Å². The summed E-state index contributed by atoms with van der Waals surface area (Å²) in [6.45, 7) is 6.10. The molecule has 0 radical (unpaired) electrons. The third-order valence-corrected chi connectivity index (χ3v) is 5.33. The molecule has 1 aromatic carbocycles. The first kappa shape index (κ1) is 16.8. The second-order valence-electron chi connectivity index (χ2n) is 7.09. The van der Waals surface area contributed by atoms with Gasteiger partial charge in [0.25, 0.3) is 5.91 Å². The van der Waals surface area contributed by atoms with Crippen LogP contribution < -0.4 is 20.9 Å². The van der Waals surface area contributed by atoms with E-state index in [4.69, 9.17) is 0 Å². The summed E-state index contributed by atoms with van der Waals surface area (Å²) in [5.74, 6) is 1.00. The minimum atomic E-state index is -0.189. The van der Waals surface area contributed by atoms with Crippen LogP contribution in [-0.2, 0) is 0 Å². The molecular formula is C19H24N6O. The molecule has 2 aromatic rings. The van der Waals surface area contributed by atoms with E-state index in [1.807, 2.05) is 26.1 Å². The Kier molecular flexibility index (Phi) is 4.24. The average molecular weight is 352 g/mol. The van der Waals surface area contributed by atoms with E-state index in [9.17, 15) is 4.79 Å². The molecule has 0 bridgehead atoms. The van der Waals surface area contributed by atoms with Crippen LogP contribution in [0.1, 0.15) is 34.3 Å². The molecule has 0 spiro atoms. The van der Waals surface area contributed by atoms with Crippen LogP contribution in [0.15, 0.2) is 18.3 Å². The minimum absolute atomic E-state index is 0.189. The van der Waals surface area contributed by atoms with E-state index in [1.54, 1.807) is 6.20 Å². The highest BCUT2D eigenvalue weighted by molar-refractivity contribution is 6.11. The highest BCUT2D eigenvalue weighted by atomic mass is 16.1. The summed E-state index contributed by atoms with van der Waals surface area (Å²) in [7, 11) is 2.02. The summed E-state index contributed by atoms with van der Waals surface area (Å²) < 4.78 is 0. The number of carbonyl (C=O) groups excluding carboxylic acids is 1. The number of hydrogen-bond acceptors (Lipinski definition) is 6. The molecule has 2 aliphatic heterocycles. The highest BCUT2D eigenvalue weighted by Gasteiger charge is 2.25. The normalized spacial score (nSPS) is 16.8. The first-order valence-electron chi connectivity index (χ1n) is 9.03. The van der Waals surface area contributed by atoms with Crippen molar-refractivity contribution in [2.75, 3.05) is 35.7 Å². The van der Waals surface area contributed by atoms with E-state index >= 15 is 0 Å². The van der Waals surface area contributed by atoms with E-state index in [-0.39, 0.29) is 5.91 Å². The van der Waals surface area contributed by atoms with Gasteiger partial charge in [0.1, 0.15) is 11.4 Å². The van der Waals surface area contributed by atoms with Crippen molar-refractivity contribution in [1.29, 1.82) is 0 Å². The molecule has 0 saturated carbocycles. The number of carbonyl (C=O) groups is 1. The molecule has 3 N–H and O–H groups in total. The number of fused-ring (bicyclic) bond motifs is 2. The van der Waals surface area contributed by atoms with Crippen LogP contribution in [0.3, 0.4) is 0 Å². The van der Waals surface area contributed by atoms with Gasteiger partial charge in [-0.05, 0) is 63.0 Å². The molecule has 7 nitrogen and oxygen atoms in total. The highest BCUT2D eigenvalue weighted by Crippen LogP contribution is 2.33. The zero-order valence-electron chi connectivity index (χ0n) is 15.4. The van der Waals surface area contributed by atoms with Crippen LogP contribution in [0.4, 0.5) is 23.1 Å². The first-order chi connectivity index (χ1) is 12.5. The maximum Gasteiger partial charge on any atom is 0.261 e. The lowest BCUT2D eigenvalue weighted by Gasteiger charge is -2.31. The SMILES string of the molecule is Cc1cc2c(cc1C)Nc1nc(N(C)C3CCNCC3)ncc1C(=O)N2. The number of rotatable bonds is 2. The van der Waals surface area contributed by atoms with Gasteiger partial charge in [0, 0.05) is 19.3 Å². The van der Waals surface area contributed by atoms with E-state index < -0.39 is 0 Å². The second kappa shape index (κ2) is 6.57. The quantitative estimate of drug-likeness (QED) is 0.771. The molecule has 3 heterocycles. The standard InChI is InChI=1S/C19H24N6O/c1-11-8-15-16(9-12(11)2)23-18(26)14-10-21-19(24-17(14)22-15)25(3)13-4-6-20-7-5-13/h8-10,13,20H,4-7H2,1-3H3,(H,23,26)(H,21,22,24). The van der Waals surface area contributed by atoms with E-state index in [0.717, 1.165) is 48.4 Å². The van der Waals surface area contributed by atoms with Crippen LogP contribution >= 0.6 is 0 Å². The number of piperidine rings is 1. The number of anilines is 4. The van der Waals surface area contributed by atoms with Crippen LogP contribution in [0.2, 0.25) is 0 Å². The summed E-state index contributed by atoms with van der Waals surface area (Å²) in [5.41, 5.74) is 4.38. The van der Waals surface area contributed by atoms with Crippen molar-refractivity contribution >= 4 is 29.0 Å². The van der Waals surface area contributed by atoms with Crippen molar-refractivity contribution in [2.24, 2.45) is 0 Å². The van der Waals surface area contributed by atoms with Crippen molar-refractivity contribution < 1.29 is 4.79 Å². The Morgan fingerprint density at radius 2 is 1.73 bits per heavy atom. The van der Waals surface area contributed by atoms with Crippen molar-refractivity contribution in [3.05, 3.63) is 35.0 Å². The lowest BCUT2D eigenvalue weighted by Crippen LogP contribution is -2.42. The van der Waals surface area contributed by atoms with Crippen LogP contribution in [-0.4, -0.2) is 42.1 Å². The fourth-order valence-electron chi connectivity index (χ4n) is 3.50. The van der Waals surface area contributed by atoms with Crippen molar-refractivity contribution in [3.8, 4) is 0 Å². The predicted molar refractivity (Wildman–Crippen MR) is 103 cm³/mol. The first-order valence-corrected chi connectivity index (χ1v) is 9.03. The third-order valence-electron chi connectivity index (χ3n) is 5.33. The molecule has 136 valence electrons. The molecule has 1 fully saturated rings. The van der Waals surface area contributed by atoms with Crippen molar-refractivity contribution in [1.82, 2.24) is 15.3 Å². The Balaban J connectivity index is 1.69. The summed E-state index contributed by atoms with van der Waals surface area (Å²) in [6, 6.07) is 4.43. The van der Waals surface area contributed by atoms with Gasteiger partial charge in [-0.1, -0.05) is 0 Å². The van der Waals surface area contributed by atoms with Gasteiger partial charge in [0.2, 0.25) is 5.95 Å². The number of aryl methyl sites for hydroxylation is 2. The Labute approximate surface area is 153 Å². The Morgan fingerprint density at radius 3 is 2.42 bits per heavy atom. The topological polar surface area (TPSA) is 82.2 Å². The maximum atomic E-state index is 12.6. The van der Waals surface area contributed by atoms with Gasteiger partial charge in [0.05, 0.1) is 11.4 Å². The van der Waals surface area contributed by atoms with E-state index in [0.29, 0.717) is 23.4 Å². The Morgan fingerprint density at radius 1 is 1.08 bits per heavy atom. The number of nitrogens with one attached hydrogen (secondary N) is 3. The molecule has 1 amide bonds. The van der Waals surface area contributed by atoms with Gasteiger partial charge in [-0.15, -0.1) is 0 Å². The fourth-order valence-corrected chi connectivity index (χ4v) is 3.50. The molecule has 7 heteroatoms. The van der Waals surface area contributed by atoms with Crippen LogP contribution in [0, 0.1) is 13.8 Å². The van der Waals surface area contributed by atoms with Gasteiger partial charge in [-0.25, -0.2) is 4.98 Å². The molecule has 1 aromatic heterocycles. The molecule has 0 aliphatic carbocycles. The minimum Gasteiger partial charge on any atom is -0.341 e. The van der Waals surface area contributed by atoms with Crippen LogP contribution in [0.5, 0.6) is 0 Å².